The van der Waals surface area contributed by atoms with E-state index in [2.05, 4.69) is 20.6 Å². The van der Waals surface area contributed by atoms with Crippen LogP contribution in [0.5, 0.6) is 0 Å². The molecule has 2 aliphatic rings. The highest BCUT2D eigenvalue weighted by Gasteiger charge is 2.48. The number of nitrogens with one attached hydrogen (secondary N) is 2. The van der Waals surface area contributed by atoms with Crippen molar-refractivity contribution < 1.29 is 25.2 Å². The molecule has 0 amide bonds. The molecule has 37 heavy (non-hydrogen) atoms. The van der Waals surface area contributed by atoms with Gasteiger partial charge in [0.2, 0.25) is 5.95 Å². The number of aryl methyl sites for hydroxylation is 2. The maximum Gasteiger partial charge on any atom is 0.225 e. The maximum atomic E-state index is 10.8. The van der Waals surface area contributed by atoms with Crippen LogP contribution in [0.15, 0.2) is 12.3 Å². The molecule has 5 rings (SSSR count). The first-order chi connectivity index (χ1) is 17.4. The van der Waals surface area contributed by atoms with Crippen molar-refractivity contribution in [1.82, 2.24) is 19.9 Å². The number of rotatable bonds is 7. The Morgan fingerprint density at radius 1 is 1.16 bits per heavy atom. The number of aliphatic hydroxyl groups excluding tert-OH is 2. The van der Waals surface area contributed by atoms with Crippen LogP contribution in [0.1, 0.15) is 38.1 Å². The van der Waals surface area contributed by atoms with Crippen LogP contribution in [0.2, 0.25) is 0 Å². The minimum atomic E-state index is -1.16. The summed E-state index contributed by atoms with van der Waals surface area (Å²) in [5, 5.41) is 49.8. The summed E-state index contributed by atoms with van der Waals surface area (Å²) < 4.78 is 6.32. The second kappa shape index (κ2) is 9.68. The van der Waals surface area contributed by atoms with E-state index in [0.717, 1.165) is 15.9 Å². The molecule has 1 aliphatic heterocycles. The number of ether oxygens (including phenoxy) is 1. The van der Waals surface area contributed by atoms with Crippen molar-refractivity contribution in [3.05, 3.63) is 23.7 Å². The lowest BCUT2D eigenvalue weighted by molar-refractivity contribution is -0.0601. The lowest BCUT2D eigenvalue weighted by atomic mass is 9.88. The van der Waals surface area contributed by atoms with Crippen molar-refractivity contribution in [2.45, 2.75) is 70.0 Å². The minimum Gasteiger partial charge on any atom is -0.390 e. The Labute approximate surface area is 219 Å². The zero-order chi connectivity index (χ0) is 26.5. The third-order valence-electron chi connectivity index (χ3n) is 7.36. The molecule has 12 heteroatoms. The summed E-state index contributed by atoms with van der Waals surface area (Å²) in [6.07, 6.45) is 0.422. The van der Waals surface area contributed by atoms with Crippen molar-refractivity contribution in [3.63, 3.8) is 0 Å². The molecule has 6 N–H and O–H groups in total. The van der Waals surface area contributed by atoms with Crippen molar-refractivity contribution in [3.8, 4) is 10.6 Å². The van der Waals surface area contributed by atoms with Crippen LogP contribution in [-0.4, -0.2) is 89.6 Å². The Kier molecular flexibility index (Phi) is 6.84. The Balaban J connectivity index is 1.52. The fourth-order valence-corrected chi connectivity index (χ4v) is 6.25. The molecular weight excluding hydrogens is 496 g/mol. The van der Waals surface area contributed by atoms with Crippen LogP contribution in [-0.2, 0) is 4.74 Å². The topological polar surface area (TPSA) is 166 Å². The first kappa shape index (κ1) is 26.1. The number of aromatic nitrogens is 4. The highest BCUT2D eigenvalue weighted by molar-refractivity contribution is 7.21. The molecule has 0 spiro atoms. The van der Waals surface area contributed by atoms with E-state index in [-0.39, 0.29) is 13.2 Å². The smallest absolute Gasteiger partial charge is 0.225 e. The summed E-state index contributed by atoms with van der Waals surface area (Å²) in [5.41, 5.74) is 0.809. The van der Waals surface area contributed by atoms with E-state index in [4.69, 9.17) is 14.7 Å². The molecule has 2 fully saturated rings. The van der Waals surface area contributed by atoms with Gasteiger partial charge in [-0.05, 0) is 40.2 Å². The Morgan fingerprint density at radius 3 is 2.59 bits per heavy atom. The summed E-state index contributed by atoms with van der Waals surface area (Å²) in [6.45, 7) is 8.00. The van der Waals surface area contributed by atoms with E-state index >= 15 is 0 Å². The Bertz CT molecular complexity index is 1290. The van der Waals surface area contributed by atoms with Crippen LogP contribution in [0.3, 0.4) is 0 Å². The number of nitrogens with zero attached hydrogens (tertiary/aromatic N) is 4. The van der Waals surface area contributed by atoms with Crippen LogP contribution < -0.4 is 10.6 Å². The van der Waals surface area contributed by atoms with Gasteiger partial charge in [-0.1, -0.05) is 0 Å². The number of aliphatic hydroxyl groups is 4. The third-order valence-corrected chi connectivity index (χ3v) is 8.40. The normalized spacial score (nSPS) is 28.2. The van der Waals surface area contributed by atoms with E-state index in [1.54, 1.807) is 20.0 Å². The van der Waals surface area contributed by atoms with Crippen LogP contribution in [0, 0.1) is 19.8 Å². The average molecular weight is 531 g/mol. The molecule has 5 atom stereocenters. The highest BCUT2D eigenvalue weighted by Crippen LogP contribution is 2.40. The van der Waals surface area contributed by atoms with Gasteiger partial charge in [-0.3, -0.25) is 4.98 Å². The largest absolute Gasteiger partial charge is 0.390 e. The van der Waals surface area contributed by atoms with Gasteiger partial charge in [0.25, 0.3) is 0 Å². The van der Waals surface area contributed by atoms with Gasteiger partial charge in [0.1, 0.15) is 28.0 Å². The molecule has 1 saturated carbocycles. The van der Waals surface area contributed by atoms with Crippen molar-refractivity contribution >= 4 is 33.3 Å². The summed E-state index contributed by atoms with van der Waals surface area (Å²) in [7, 11) is 0. The predicted molar refractivity (Wildman–Crippen MR) is 141 cm³/mol. The summed E-state index contributed by atoms with van der Waals surface area (Å²) in [4.78, 5) is 18.5. The quantitative estimate of drug-likeness (QED) is 0.263. The molecule has 11 nitrogen and oxygen atoms in total. The van der Waals surface area contributed by atoms with Crippen molar-refractivity contribution in [2.75, 3.05) is 30.4 Å². The van der Waals surface area contributed by atoms with Crippen LogP contribution >= 0.6 is 11.3 Å². The third kappa shape index (κ3) is 5.14. The standard InChI is InChI=1S/C25H34N6O5S/c1-12-17(22-30-18-13(2)26-7-5-16(18)37-22)21(29-15-9-14(24(3,4)34)19(32)20(15)33)31-23(28-12)27-10-25(35)6-8-36-11-25/h5,7,14-15,19-20,32-35H,6,8-11H2,1-4H3,(H2,27,28,29,31)/t14-,15+,19+,20-,25?/m0/s1. The van der Waals surface area contributed by atoms with Gasteiger partial charge in [-0.15, -0.1) is 11.3 Å². The molecule has 4 heterocycles. The van der Waals surface area contributed by atoms with E-state index in [9.17, 15) is 20.4 Å². The second-order valence-electron chi connectivity index (χ2n) is 10.7. The van der Waals surface area contributed by atoms with Crippen LogP contribution in [0.4, 0.5) is 11.8 Å². The van der Waals surface area contributed by atoms with E-state index in [0.29, 0.717) is 47.5 Å². The Morgan fingerprint density at radius 2 is 1.95 bits per heavy atom. The lowest BCUT2D eigenvalue weighted by Gasteiger charge is -2.28. The number of pyridine rings is 1. The minimum absolute atomic E-state index is 0.225. The van der Waals surface area contributed by atoms with Gasteiger partial charge < -0.3 is 35.8 Å². The van der Waals surface area contributed by atoms with Crippen LogP contribution in [0.25, 0.3) is 20.8 Å². The molecule has 200 valence electrons. The second-order valence-corrected chi connectivity index (χ2v) is 11.8. The predicted octanol–water partition coefficient (Wildman–Crippen LogP) is 1.62. The summed E-state index contributed by atoms with van der Waals surface area (Å²) >= 11 is 1.50. The number of hydrogen-bond donors (Lipinski definition) is 6. The molecule has 0 radical (unpaired) electrons. The van der Waals surface area contributed by atoms with Gasteiger partial charge >= 0.3 is 0 Å². The molecule has 3 aromatic rings. The fraction of sp³-hybridized carbons (Fsp3) is 0.600. The maximum absolute atomic E-state index is 10.8. The molecule has 0 bridgehead atoms. The number of fused-ring (bicyclic) bond motifs is 1. The van der Waals surface area contributed by atoms with Gasteiger partial charge in [0.15, 0.2) is 0 Å². The van der Waals surface area contributed by atoms with Crippen molar-refractivity contribution in [2.24, 2.45) is 5.92 Å². The lowest BCUT2D eigenvalue weighted by Crippen LogP contribution is -2.40. The average Bonchev–Trinajstić information content (AvgIpc) is 3.52. The van der Waals surface area contributed by atoms with Gasteiger partial charge in [-0.25, -0.2) is 9.97 Å². The molecule has 1 unspecified atom stereocenters. The molecular formula is C25H34N6O5S. The molecule has 0 aromatic carbocycles. The number of hydrogen-bond acceptors (Lipinski definition) is 12. The first-order valence-corrected chi connectivity index (χ1v) is 13.3. The number of anilines is 2. The van der Waals surface area contributed by atoms with Gasteiger partial charge in [0, 0.05) is 31.7 Å². The monoisotopic (exact) mass is 530 g/mol. The van der Waals surface area contributed by atoms with Gasteiger partial charge in [0.05, 0.1) is 46.0 Å². The molecule has 1 aliphatic carbocycles. The van der Waals surface area contributed by atoms with Crippen molar-refractivity contribution in [1.29, 1.82) is 0 Å². The Hall–Kier alpha value is -2.48. The highest BCUT2D eigenvalue weighted by atomic mass is 32.1. The van der Waals surface area contributed by atoms with E-state index in [1.807, 2.05) is 19.9 Å². The van der Waals surface area contributed by atoms with E-state index in [1.165, 1.54) is 11.3 Å². The molecule has 1 saturated heterocycles. The van der Waals surface area contributed by atoms with E-state index < -0.39 is 35.4 Å². The first-order valence-electron chi connectivity index (χ1n) is 12.5. The SMILES string of the molecule is Cc1nc(NCC2(O)CCOC2)nc(N[C@@H]2C[C@H](C(C)(C)O)[C@@H](O)[C@H]2O)c1-c1nc2c(C)nccc2s1. The zero-order valence-electron chi connectivity index (χ0n) is 21.4. The summed E-state index contributed by atoms with van der Waals surface area (Å²) in [6, 6.07) is 1.36. The van der Waals surface area contributed by atoms with Gasteiger partial charge in [-0.2, -0.15) is 4.98 Å². The molecule has 3 aromatic heterocycles. The fourth-order valence-electron chi connectivity index (χ4n) is 5.14. The number of thiazole rings is 1. The zero-order valence-corrected chi connectivity index (χ0v) is 22.2. The summed E-state index contributed by atoms with van der Waals surface area (Å²) in [5.74, 6) is 0.244.